The van der Waals surface area contributed by atoms with Crippen LogP contribution >= 0.6 is 0 Å². The van der Waals surface area contributed by atoms with Crippen LogP contribution in [0.4, 0.5) is 10.1 Å². The first-order chi connectivity index (χ1) is 10.7. The molecule has 0 unspecified atom stereocenters. The highest BCUT2D eigenvalue weighted by Gasteiger charge is 2.18. The van der Waals surface area contributed by atoms with Gasteiger partial charge in [0.05, 0.1) is 5.69 Å². The van der Waals surface area contributed by atoms with Crippen molar-refractivity contribution in [3.63, 3.8) is 0 Å². The molecule has 6 nitrogen and oxygen atoms in total. The van der Waals surface area contributed by atoms with Gasteiger partial charge in [-0.05, 0) is 39.0 Å². The number of piperazine rings is 1. The van der Waals surface area contributed by atoms with Crippen LogP contribution in [0.3, 0.4) is 0 Å². The quantitative estimate of drug-likeness (QED) is 0.634. The number of nitrogens with two attached hydrogens (primary N) is 1. The molecular formula is C16H24FN3O3. The Bertz CT molecular complexity index is 538. The number of carbonyl (C=O) groups is 2. The average Bonchev–Trinajstić information content (AvgIpc) is 2.50. The van der Waals surface area contributed by atoms with Crippen LogP contribution in [0.2, 0.25) is 0 Å². The lowest BCUT2D eigenvalue weighted by Gasteiger charge is -2.27. The first-order valence-corrected chi connectivity index (χ1v) is 7.41. The van der Waals surface area contributed by atoms with Gasteiger partial charge in [0.15, 0.2) is 0 Å². The van der Waals surface area contributed by atoms with E-state index in [0.29, 0.717) is 25.1 Å². The fourth-order valence-corrected chi connectivity index (χ4v) is 1.86. The molecule has 0 spiro atoms. The smallest absolute Gasteiger partial charge is 0.293 e. The van der Waals surface area contributed by atoms with E-state index in [1.165, 1.54) is 12.1 Å². The molecule has 1 aromatic carbocycles. The first-order valence-electron chi connectivity index (χ1n) is 7.41. The van der Waals surface area contributed by atoms with Crippen molar-refractivity contribution in [2.45, 2.75) is 26.4 Å². The van der Waals surface area contributed by atoms with Crippen LogP contribution in [-0.2, 0) is 9.53 Å². The standard InChI is InChI=1S/C11H14FN3O.C5H10O2/c12-9-7-8(1-2-10(9)13)11(16)15-5-3-14-4-6-15;1-5(2,3)7-4-6/h1-2,7,14H,3-6,13H2;4H,1-3H3. The Kier molecular flexibility index (Phi) is 6.96. The minimum atomic E-state index is -0.541. The Morgan fingerprint density at radius 3 is 2.39 bits per heavy atom. The number of hydrogen-bond acceptors (Lipinski definition) is 5. The molecule has 0 bridgehead atoms. The van der Waals surface area contributed by atoms with E-state index in [4.69, 9.17) is 5.73 Å². The lowest BCUT2D eigenvalue weighted by atomic mass is 10.1. The van der Waals surface area contributed by atoms with Crippen LogP contribution in [0, 0.1) is 5.82 Å². The number of amides is 1. The third-order valence-electron chi connectivity index (χ3n) is 3.05. The molecular weight excluding hydrogens is 301 g/mol. The molecule has 1 aliphatic rings. The van der Waals surface area contributed by atoms with Gasteiger partial charge in [-0.15, -0.1) is 0 Å². The molecule has 0 saturated carbocycles. The topological polar surface area (TPSA) is 84.7 Å². The van der Waals surface area contributed by atoms with Crippen molar-refractivity contribution >= 4 is 18.1 Å². The van der Waals surface area contributed by atoms with E-state index in [1.807, 2.05) is 20.8 Å². The Labute approximate surface area is 135 Å². The van der Waals surface area contributed by atoms with E-state index >= 15 is 0 Å². The second kappa shape index (κ2) is 8.47. The summed E-state index contributed by atoms with van der Waals surface area (Å²) in [6.45, 7) is 8.80. The van der Waals surface area contributed by atoms with Gasteiger partial charge in [-0.25, -0.2) is 4.39 Å². The summed E-state index contributed by atoms with van der Waals surface area (Å²) in [6.07, 6.45) is 0. The molecule has 1 saturated heterocycles. The number of nitrogen functional groups attached to an aromatic ring is 1. The normalized spacial score (nSPS) is 14.5. The minimum absolute atomic E-state index is 0.0665. The van der Waals surface area contributed by atoms with Crippen molar-refractivity contribution in [1.82, 2.24) is 10.2 Å². The van der Waals surface area contributed by atoms with Crippen molar-refractivity contribution in [2.75, 3.05) is 31.9 Å². The van der Waals surface area contributed by atoms with Gasteiger partial charge in [0.25, 0.3) is 12.4 Å². The molecule has 1 amide bonds. The predicted molar refractivity (Wildman–Crippen MR) is 86.5 cm³/mol. The number of halogens is 1. The molecule has 0 radical (unpaired) electrons. The van der Waals surface area contributed by atoms with Gasteiger partial charge in [-0.2, -0.15) is 0 Å². The van der Waals surface area contributed by atoms with Crippen LogP contribution in [0.25, 0.3) is 0 Å². The Hall–Kier alpha value is -2.15. The molecule has 23 heavy (non-hydrogen) atoms. The summed E-state index contributed by atoms with van der Waals surface area (Å²) < 4.78 is 17.7. The molecule has 1 aliphatic heterocycles. The van der Waals surface area contributed by atoms with Crippen LogP contribution in [0.5, 0.6) is 0 Å². The Balaban J connectivity index is 0.000000322. The van der Waals surface area contributed by atoms with Crippen molar-refractivity contribution < 1.29 is 18.7 Å². The number of hydrogen-bond donors (Lipinski definition) is 2. The largest absolute Gasteiger partial charge is 0.462 e. The van der Waals surface area contributed by atoms with Crippen molar-refractivity contribution in [1.29, 1.82) is 0 Å². The lowest BCUT2D eigenvalue weighted by molar-refractivity contribution is -0.138. The summed E-state index contributed by atoms with van der Waals surface area (Å²) in [5.74, 6) is -0.679. The molecule has 0 atom stereocenters. The van der Waals surface area contributed by atoms with Gasteiger partial charge < -0.3 is 20.7 Å². The first kappa shape index (κ1) is 18.9. The molecule has 0 aliphatic carbocycles. The SMILES string of the molecule is CC(C)(C)OC=O.Nc1ccc(C(=O)N2CCNCC2)cc1F. The Morgan fingerprint density at radius 1 is 1.35 bits per heavy atom. The number of ether oxygens (including phenoxy) is 1. The molecule has 2 rings (SSSR count). The monoisotopic (exact) mass is 325 g/mol. The molecule has 1 fully saturated rings. The summed E-state index contributed by atoms with van der Waals surface area (Å²) in [4.78, 5) is 23.3. The summed E-state index contributed by atoms with van der Waals surface area (Å²) in [7, 11) is 0. The maximum Gasteiger partial charge on any atom is 0.293 e. The van der Waals surface area contributed by atoms with Crippen LogP contribution in [0.1, 0.15) is 31.1 Å². The number of anilines is 1. The van der Waals surface area contributed by atoms with Crippen LogP contribution in [-0.4, -0.2) is 49.1 Å². The molecule has 7 heteroatoms. The highest BCUT2D eigenvalue weighted by Crippen LogP contribution is 2.14. The summed E-state index contributed by atoms with van der Waals surface area (Å²) in [5.41, 5.74) is 5.46. The van der Waals surface area contributed by atoms with Gasteiger partial charge >= 0.3 is 0 Å². The molecule has 1 aromatic rings. The van der Waals surface area contributed by atoms with Gasteiger partial charge in [-0.3, -0.25) is 9.59 Å². The number of benzene rings is 1. The number of nitrogens with zero attached hydrogens (tertiary/aromatic N) is 1. The molecule has 1 heterocycles. The molecule has 128 valence electrons. The van der Waals surface area contributed by atoms with E-state index < -0.39 is 5.82 Å². The summed E-state index contributed by atoms with van der Waals surface area (Å²) in [6, 6.07) is 4.17. The zero-order chi connectivity index (χ0) is 17.5. The fourth-order valence-electron chi connectivity index (χ4n) is 1.86. The van der Waals surface area contributed by atoms with E-state index in [0.717, 1.165) is 13.1 Å². The van der Waals surface area contributed by atoms with Crippen LogP contribution in [0.15, 0.2) is 18.2 Å². The van der Waals surface area contributed by atoms with Gasteiger partial charge in [-0.1, -0.05) is 0 Å². The summed E-state index contributed by atoms with van der Waals surface area (Å²) >= 11 is 0. The highest BCUT2D eigenvalue weighted by atomic mass is 19.1. The van der Waals surface area contributed by atoms with E-state index in [2.05, 4.69) is 10.1 Å². The van der Waals surface area contributed by atoms with Gasteiger partial charge in [0, 0.05) is 31.7 Å². The second-order valence-electron chi connectivity index (χ2n) is 6.10. The number of nitrogens with one attached hydrogen (secondary N) is 1. The number of rotatable bonds is 2. The van der Waals surface area contributed by atoms with E-state index in [-0.39, 0.29) is 17.2 Å². The van der Waals surface area contributed by atoms with E-state index in [9.17, 15) is 14.0 Å². The maximum atomic E-state index is 13.2. The fraction of sp³-hybridized carbons (Fsp3) is 0.500. The predicted octanol–water partition coefficient (Wildman–Crippen LogP) is 1.41. The van der Waals surface area contributed by atoms with Gasteiger partial charge in [0.1, 0.15) is 11.4 Å². The molecule has 0 aromatic heterocycles. The third-order valence-corrected chi connectivity index (χ3v) is 3.05. The average molecular weight is 325 g/mol. The van der Waals surface area contributed by atoms with E-state index in [1.54, 1.807) is 11.0 Å². The lowest BCUT2D eigenvalue weighted by Crippen LogP contribution is -2.46. The maximum absolute atomic E-state index is 13.2. The third kappa shape index (κ3) is 6.65. The van der Waals surface area contributed by atoms with Gasteiger partial charge in [0.2, 0.25) is 0 Å². The van der Waals surface area contributed by atoms with Crippen molar-refractivity contribution in [3.05, 3.63) is 29.6 Å². The molecule has 3 N–H and O–H groups in total. The Morgan fingerprint density at radius 2 is 1.96 bits per heavy atom. The summed E-state index contributed by atoms with van der Waals surface area (Å²) in [5, 5.41) is 3.15. The number of carbonyl (C=O) groups excluding carboxylic acids is 2. The van der Waals surface area contributed by atoms with Crippen molar-refractivity contribution in [2.24, 2.45) is 0 Å². The van der Waals surface area contributed by atoms with Crippen LogP contribution < -0.4 is 11.1 Å². The van der Waals surface area contributed by atoms with Crippen molar-refractivity contribution in [3.8, 4) is 0 Å². The zero-order valence-corrected chi connectivity index (χ0v) is 13.8. The minimum Gasteiger partial charge on any atom is -0.462 e. The highest BCUT2D eigenvalue weighted by molar-refractivity contribution is 5.94. The zero-order valence-electron chi connectivity index (χ0n) is 13.8. The second-order valence-corrected chi connectivity index (χ2v) is 6.10.